The summed E-state index contributed by atoms with van der Waals surface area (Å²) in [6, 6.07) is 49.0. The van der Waals surface area contributed by atoms with Gasteiger partial charge in [0, 0.05) is 33.7 Å². The number of nitrogens with one attached hydrogen (secondary N) is 1. The first kappa shape index (κ1) is 34.0. The van der Waals surface area contributed by atoms with Crippen LogP contribution in [0.2, 0.25) is 0 Å². The number of benzene rings is 6. The molecular weight excluding hydrogens is 661 g/mol. The van der Waals surface area contributed by atoms with Gasteiger partial charge in [0.25, 0.3) is 0 Å². The van der Waals surface area contributed by atoms with Gasteiger partial charge in [0.1, 0.15) is 11.2 Å². The average Bonchev–Trinajstić information content (AvgIpc) is 3.82. The van der Waals surface area contributed by atoms with E-state index < -0.39 is 0 Å². The fourth-order valence-electron chi connectivity index (χ4n) is 6.91. The first-order valence-corrected chi connectivity index (χ1v) is 18.1. The van der Waals surface area contributed by atoms with Gasteiger partial charge in [-0.15, -0.1) is 0 Å². The second kappa shape index (κ2) is 14.8. The number of nitriles is 1. The highest BCUT2D eigenvalue weighted by molar-refractivity contribution is 6.10. The van der Waals surface area contributed by atoms with Crippen LogP contribution in [-0.2, 0) is 0 Å². The van der Waals surface area contributed by atoms with Gasteiger partial charge in [-0.3, -0.25) is 0 Å². The highest BCUT2D eigenvalue weighted by Crippen LogP contribution is 2.35. The van der Waals surface area contributed by atoms with Crippen LogP contribution in [-0.4, -0.2) is 10.3 Å². The van der Waals surface area contributed by atoms with E-state index in [0.29, 0.717) is 17.0 Å². The fourth-order valence-corrected chi connectivity index (χ4v) is 6.91. The van der Waals surface area contributed by atoms with E-state index in [1.807, 2.05) is 97.2 Å². The topological polar surface area (TPSA) is 91.7 Å². The highest BCUT2D eigenvalue weighted by atomic mass is 16.3. The van der Waals surface area contributed by atoms with Crippen molar-refractivity contribution in [2.24, 2.45) is 5.73 Å². The number of allylic oxidation sites excluding steroid dienone is 5. The predicted molar refractivity (Wildman–Crippen MR) is 224 cm³/mol. The SMILES string of the molecule is Cc1ccccc1.N#Cc1ccc2c(ccn2-c2ccc3oc4ccc(-c5ccc(C(=N)/C=C(\N)c6ccc(C7=CCCC=C7)cc6)cc5)cc4c3c2)c1. The molecule has 9 rings (SSSR count). The fraction of sp³-hybridized carbons (Fsp3) is 0.0612. The Balaban J connectivity index is 0.000000533. The quantitative estimate of drug-likeness (QED) is 0.169. The van der Waals surface area contributed by atoms with Crippen molar-refractivity contribution in [3.05, 3.63) is 198 Å². The first-order valence-electron chi connectivity index (χ1n) is 18.1. The van der Waals surface area contributed by atoms with Crippen LogP contribution in [0.3, 0.4) is 0 Å². The molecule has 2 heterocycles. The average molecular weight is 699 g/mol. The number of furan rings is 1. The van der Waals surface area contributed by atoms with E-state index in [0.717, 1.165) is 73.6 Å². The van der Waals surface area contributed by atoms with Crippen LogP contribution in [0.4, 0.5) is 0 Å². The Morgan fingerprint density at radius 1 is 0.741 bits per heavy atom. The Kier molecular flexibility index (Phi) is 9.32. The van der Waals surface area contributed by atoms with Crippen molar-refractivity contribution in [1.29, 1.82) is 10.7 Å². The van der Waals surface area contributed by atoms with Crippen LogP contribution in [0.1, 0.15) is 40.7 Å². The molecule has 8 aromatic rings. The molecule has 0 saturated heterocycles. The molecule has 2 aromatic heterocycles. The summed E-state index contributed by atoms with van der Waals surface area (Å²) in [6.45, 7) is 2.08. The van der Waals surface area contributed by atoms with E-state index in [9.17, 15) is 5.26 Å². The molecule has 5 nitrogen and oxygen atoms in total. The van der Waals surface area contributed by atoms with Crippen LogP contribution in [0.25, 0.3) is 60.9 Å². The molecule has 1 aliphatic rings. The molecule has 5 heteroatoms. The molecule has 0 spiro atoms. The lowest BCUT2D eigenvalue weighted by atomic mass is 9.97. The number of hydrogen-bond donors (Lipinski definition) is 2. The van der Waals surface area contributed by atoms with E-state index in [1.54, 1.807) is 6.08 Å². The summed E-state index contributed by atoms with van der Waals surface area (Å²) in [5.41, 5.74) is 19.3. The number of nitrogens with zero attached hydrogens (tertiary/aromatic N) is 2. The molecule has 0 bridgehead atoms. The number of fused-ring (bicyclic) bond motifs is 4. The van der Waals surface area contributed by atoms with E-state index in [2.05, 4.69) is 84.3 Å². The number of aryl methyl sites for hydroxylation is 1. The maximum absolute atomic E-state index is 9.28. The zero-order valence-electron chi connectivity index (χ0n) is 30.0. The minimum absolute atomic E-state index is 0.362. The molecule has 1 aliphatic carbocycles. The normalized spacial score (nSPS) is 12.7. The van der Waals surface area contributed by atoms with E-state index >= 15 is 0 Å². The van der Waals surface area contributed by atoms with Crippen molar-refractivity contribution in [1.82, 2.24) is 4.57 Å². The highest BCUT2D eigenvalue weighted by Gasteiger charge is 2.12. The third-order valence-electron chi connectivity index (χ3n) is 9.87. The second-order valence-electron chi connectivity index (χ2n) is 13.5. The van der Waals surface area contributed by atoms with Crippen molar-refractivity contribution in [3.63, 3.8) is 0 Å². The smallest absolute Gasteiger partial charge is 0.135 e. The minimum Gasteiger partial charge on any atom is -0.456 e. The van der Waals surface area contributed by atoms with Gasteiger partial charge in [-0.25, -0.2) is 0 Å². The second-order valence-corrected chi connectivity index (χ2v) is 13.5. The molecule has 3 N–H and O–H groups in total. The van der Waals surface area contributed by atoms with Crippen molar-refractivity contribution in [2.45, 2.75) is 19.8 Å². The molecule has 260 valence electrons. The van der Waals surface area contributed by atoms with Crippen molar-refractivity contribution in [2.75, 3.05) is 0 Å². The maximum atomic E-state index is 9.28. The summed E-state index contributed by atoms with van der Waals surface area (Å²) in [6.07, 6.45) is 12.6. The van der Waals surface area contributed by atoms with Crippen molar-refractivity contribution in [3.8, 4) is 22.9 Å². The van der Waals surface area contributed by atoms with Gasteiger partial charge >= 0.3 is 0 Å². The number of hydrogen-bond acceptors (Lipinski definition) is 4. The largest absolute Gasteiger partial charge is 0.456 e. The van der Waals surface area contributed by atoms with Crippen LogP contribution in [0.15, 0.2) is 174 Å². The van der Waals surface area contributed by atoms with Gasteiger partial charge in [0.2, 0.25) is 0 Å². The Hall–Kier alpha value is -7.16. The Labute approximate surface area is 314 Å². The van der Waals surface area contributed by atoms with E-state index in [4.69, 9.17) is 15.6 Å². The first-order chi connectivity index (χ1) is 26.4. The summed E-state index contributed by atoms with van der Waals surface area (Å²) in [4.78, 5) is 0. The minimum atomic E-state index is 0.362. The standard InChI is InChI=1S/C42H30N4O.C7H8/c43-26-27-6-17-40-34(22-27)20-21-46(40)35-16-19-42-37(24-35)36-23-33(15-18-41(36)47-42)30-9-13-32(14-10-30)39(45)25-38(44)31-11-7-29(8-12-31)28-4-2-1-3-5-28;1-7-5-3-2-4-6-7/h2,4-25,45H,1,3,44H2;2-6H,1H3/b38-25-,45-39?;. The van der Waals surface area contributed by atoms with Gasteiger partial charge in [-0.1, -0.05) is 109 Å². The van der Waals surface area contributed by atoms with Crippen LogP contribution < -0.4 is 5.73 Å². The van der Waals surface area contributed by atoms with Gasteiger partial charge in [-0.2, -0.15) is 5.26 Å². The lowest BCUT2D eigenvalue weighted by Crippen LogP contribution is -2.02. The zero-order chi connectivity index (χ0) is 37.0. The molecular formula is C49H38N4O. The van der Waals surface area contributed by atoms with Gasteiger partial charge in [0.15, 0.2) is 0 Å². The molecule has 0 amide bonds. The summed E-state index contributed by atoms with van der Waals surface area (Å²) in [7, 11) is 0. The molecule has 0 fully saturated rings. The lowest BCUT2D eigenvalue weighted by molar-refractivity contribution is 0.669. The molecule has 6 aromatic carbocycles. The van der Waals surface area contributed by atoms with Gasteiger partial charge in [0.05, 0.1) is 22.9 Å². The van der Waals surface area contributed by atoms with Crippen molar-refractivity contribution >= 4 is 49.8 Å². The summed E-state index contributed by atoms with van der Waals surface area (Å²) < 4.78 is 8.33. The molecule has 0 atom stereocenters. The summed E-state index contributed by atoms with van der Waals surface area (Å²) in [5.74, 6) is 0. The van der Waals surface area contributed by atoms with Gasteiger partial charge in [-0.05, 0) is 114 Å². The predicted octanol–water partition coefficient (Wildman–Crippen LogP) is 12.2. The van der Waals surface area contributed by atoms with E-state index in [-0.39, 0.29) is 0 Å². The number of rotatable bonds is 6. The molecule has 54 heavy (non-hydrogen) atoms. The molecule has 0 unspecified atom stereocenters. The lowest BCUT2D eigenvalue weighted by Gasteiger charge is -2.09. The van der Waals surface area contributed by atoms with Crippen molar-refractivity contribution < 1.29 is 4.42 Å². The number of aromatic nitrogens is 1. The Morgan fingerprint density at radius 2 is 1.44 bits per heavy atom. The molecule has 0 aliphatic heterocycles. The Bertz CT molecular complexity index is 2790. The monoisotopic (exact) mass is 698 g/mol. The third kappa shape index (κ3) is 7.01. The Morgan fingerprint density at radius 3 is 2.15 bits per heavy atom. The van der Waals surface area contributed by atoms with Crippen LogP contribution >= 0.6 is 0 Å². The van der Waals surface area contributed by atoms with E-state index in [1.165, 1.54) is 16.7 Å². The molecule has 0 radical (unpaired) electrons. The third-order valence-corrected chi connectivity index (χ3v) is 9.87. The summed E-state index contributed by atoms with van der Waals surface area (Å²) in [5, 5.41) is 21.1. The van der Waals surface area contributed by atoms with Crippen LogP contribution in [0, 0.1) is 23.7 Å². The number of nitrogens with two attached hydrogens (primary N) is 1. The van der Waals surface area contributed by atoms with Crippen LogP contribution in [0.5, 0.6) is 0 Å². The zero-order valence-corrected chi connectivity index (χ0v) is 30.0. The summed E-state index contributed by atoms with van der Waals surface area (Å²) >= 11 is 0. The van der Waals surface area contributed by atoms with Gasteiger partial charge < -0.3 is 20.1 Å². The molecule has 0 saturated carbocycles. The maximum Gasteiger partial charge on any atom is 0.135 e.